The minimum atomic E-state index is -4.69. The summed E-state index contributed by atoms with van der Waals surface area (Å²) in [5.41, 5.74) is -0.558. The molecule has 4 aromatic rings. The van der Waals surface area contributed by atoms with Crippen LogP contribution in [0.5, 0.6) is 5.75 Å². The topological polar surface area (TPSA) is 200 Å². The van der Waals surface area contributed by atoms with E-state index in [2.05, 4.69) is 31.3 Å². The van der Waals surface area contributed by atoms with Crippen LogP contribution < -0.4 is 30.9 Å². The molecule has 3 fully saturated rings. The largest absolute Gasteiger partial charge is 0.494 e. The number of carbonyl (C=O) groups is 6. The average Bonchev–Trinajstić information content (AvgIpc) is 3.78. The molecule has 8 rings (SSSR count). The number of hydrogen-bond acceptors (Lipinski definition) is 12. The van der Waals surface area contributed by atoms with Gasteiger partial charge in [-0.2, -0.15) is 18.3 Å². The van der Waals surface area contributed by atoms with Crippen LogP contribution in [0.4, 0.5) is 28.9 Å². The Morgan fingerprint density at radius 2 is 1.62 bits per heavy atom. The van der Waals surface area contributed by atoms with Gasteiger partial charge in [0.1, 0.15) is 29.0 Å². The maximum atomic E-state index is 15.5. The number of hydrogen-bond donors (Lipinski definition) is 4. The molecule has 2 aromatic heterocycles. The number of pyridine rings is 1. The molecule has 4 N–H and O–H groups in total. The smallest absolute Gasteiger partial charge is 0.433 e. The van der Waals surface area contributed by atoms with Crippen molar-refractivity contribution in [2.24, 2.45) is 5.41 Å². The summed E-state index contributed by atoms with van der Waals surface area (Å²) >= 11 is 0. The maximum Gasteiger partial charge on any atom is 0.433 e. The highest BCUT2D eigenvalue weighted by Crippen LogP contribution is 2.43. The first-order valence-corrected chi connectivity index (χ1v) is 21.0. The van der Waals surface area contributed by atoms with E-state index in [1.54, 1.807) is 23.0 Å². The molecule has 0 saturated carbocycles. The summed E-state index contributed by atoms with van der Waals surface area (Å²) in [6, 6.07) is 7.68. The fourth-order valence-electron chi connectivity index (χ4n) is 8.87. The minimum absolute atomic E-state index is 0.00421. The number of halogens is 4. The van der Waals surface area contributed by atoms with E-state index in [0.717, 1.165) is 48.8 Å². The van der Waals surface area contributed by atoms with Crippen LogP contribution in [0.2, 0.25) is 0 Å². The summed E-state index contributed by atoms with van der Waals surface area (Å²) in [6.45, 7) is 4.71. The normalized spacial score (nSPS) is 18.8. The van der Waals surface area contributed by atoms with E-state index in [-0.39, 0.29) is 59.0 Å². The molecular weight excluding hydrogens is 845 g/mol. The lowest BCUT2D eigenvalue weighted by Crippen LogP contribution is -2.54. The monoisotopic (exact) mass is 890 g/mol. The van der Waals surface area contributed by atoms with Gasteiger partial charge in [-0.15, -0.1) is 0 Å². The van der Waals surface area contributed by atoms with Crippen molar-refractivity contribution < 1.29 is 51.1 Å². The van der Waals surface area contributed by atoms with E-state index >= 15 is 4.39 Å². The number of alkyl halides is 3. The van der Waals surface area contributed by atoms with Gasteiger partial charge in [-0.05, 0) is 67.9 Å². The predicted octanol–water partition coefficient (Wildman–Crippen LogP) is 3.34. The van der Waals surface area contributed by atoms with Gasteiger partial charge in [-0.1, -0.05) is 6.07 Å². The van der Waals surface area contributed by atoms with E-state index in [9.17, 15) is 41.9 Å². The second-order valence-electron chi connectivity index (χ2n) is 16.5. The summed E-state index contributed by atoms with van der Waals surface area (Å²) in [6.07, 6.45) is 0.274. The number of piperidine rings is 3. The fourth-order valence-corrected chi connectivity index (χ4v) is 8.87. The van der Waals surface area contributed by atoms with Gasteiger partial charge in [-0.25, -0.2) is 9.37 Å². The van der Waals surface area contributed by atoms with Crippen LogP contribution in [0.25, 0.3) is 10.9 Å². The Kier molecular flexibility index (Phi) is 12.4. The number of rotatable bonds is 13. The van der Waals surface area contributed by atoms with Crippen molar-refractivity contribution in [2.75, 3.05) is 69.7 Å². The van der Waals surface area contributed by atoms with Gasteiger partial charge in [0.2, 0.25) is 17.7 Å². The molecule has 64 heavy (non-hydrogen) atoms. The molecule has 1 unspecified atom stereocenters. The third-order valence-electron chi connectivity index (χ3n) is 12.5. The molecule has 338 valence electrons. The maximum absolute atomic E-state index is 15.5. The van der Waals surface area contributed by atoms with Crippen molar-refractivity contribution in [1.82, 2.24) is 40.5 Å². The van der Waals surface area contributed by atoms with E-state index < -0.39 is 59.0 Å². The molecule has 0 aliphatic carbocycles. The molecule has 4 aliphatic heterocycles. The molecule has 3 saturated heterocycles. The molecule has 0 radical (unpaired) electrons. The van der Waals surface area contributed by atoms with Crippen LogP contribution in [-0.4, -0.2) is 126 Å². The van der Waals surface area contributed by atoms with Crippen molar-refractivity contribution in [1.29, 1.82) is 0 Å². The van der Waals surface area contributed by atoms with Gasteiger partial charge in [0.15, 0.2) is 0 Å². The first-order valence-electron chi connectivity index (χ1n) is 21.0. The summed E-state index contributed by atoms with van der Waals surface area (Å²) < 4.78 is 61.9. The highest BCUT2D eigenvalue weighted by atomic mass is 19.4. The number of amides is 6. The molecule has 1 spiro atoms. The lowest BCUT2D eigenvalue weighted by Gasteiger charge is -2.47. The molecular formula is C43H46F4N10O7. The van der Waals surface area contributed by atoms with Crippen molar-refractivity contribution >= 4 is 57.7 Å². The number of ether oxygens (including phenoxy) is 1. The second kappa shape index (κ2) is 17.9. The summed E-state index contributed by atoms with van der Waals surface area (Å²) in [7, 11) is 1.40. The fraction of sp³-hybridized carbons (Fsp3) is 0.442. The number of methoxy groups -OCH3 is 1. The summed E-state index contributed by atoms with van der Waals surface area (Å²) in [4.78, 5) is 84.3. The molecule has 6 heterocycles. The van der Waals surface area contributed by atoms with E-state index in [1.807, 2.05) is 9.80 Å². The molecule has 21 heteroatoms. The van der Waals surface area contributed by atoms with Gasteiger partial charge in [0, 0.05) is 69.9 Å². The number of nitrogens with one attached hydrogen (secondary N) is 4. The Hall–Kier alpha value is -6.48. The van der Waals surface area contributed by atoms with Gasteiger partial charge in [0.05, 0.1) is 48.2 Å². The van der Waals surface area contributed by atoms with Crippen molar-refractivity contribution in [3.63, 3.8) is 0 Å². The Morgan fingerprint density at radius 1 is 0.922 bits per heavy atom. The zero-order chi connectivity index (χ0) is 45.3. The lowest BCUT2D eigenvalue weighted by molar-refractivity contribution is -0.141. The van der Waals surface area contributed by atoms with Crippen molar-refractivity contribution in [2.45, 2.75) is 57.3 Å². The summed E-state index contributed by atoms with van der Waals surface area (Å²) in [5.74, 6) is -3.79. The Bertz CT molecular complexity index is 2510. The van der Waals surface area contributed by atoms with E-state index in [4.69, 9.17) is 4.74 Å². The predicted molar refractivity (Wildman–Crippen MR) is 222 cm³/mol. The second-order valence-corrected chi connectivity index (χ2v) is 16.5. The van der Waals surface area contributed by atoms with Crippen LogP contribution in [0.1, 0.15) is 75.4 Å². The molecule has 0 bridgehead atoms. The average molecular weight is 891 g/mol. The number of imide groups is 2. The number of aromatic nitrogens is 3. The number of carbonyl (C=O) groups excluding carboxylic acids is 6. The van der Waals surface area contributed by atoms with Crippen LogP contribution >= 0.6 is 0 Å². The lowest BCUT2D eigenvalue weighted by atomic mass is 9.71. The zero-order valence-electron chi connectivity index (χ0n) is 34.9. The molecule has 1 atom stereocenters. The van der Waals surface area contributed by atoms with Gasteiger partial charge >= 0.3 is 6.18 Å². The van der Waals surface area contributed by atoms with Gasteiger partial charge in [0.25, 0.3) is 17.7 Å². The van der Waals surface area contributed by atoms with Crippen LogP contribution in [0.15, 0.2) is 48.7 Å². The number of nitrogens with zero attached hydrogens (tertiary/aromatic N) is 6. The SMILES string of the molecule is COc1cc2nn(CCNCCNCC(=O)N3CCC4(CC3)CCN(c3cc5c(cc3F)C(=O)N(C3CCC(=O)NC3=O)C5=O)CC4)cc2cc1NC(=O)c1cccc(C(F)(F)F)n1. The first kappa shape index (κ1) is 44.1. The first-order chi connectivity index (χ1) is 30.6. The van der Waals surface area contributed by atoms with Crippen molar-refractivity contribution in [3.05, 3.63) is 77.0 Å². The quantitative estimate of drug-likeness (QED) is 0.0869. The van der Waals surface area contributed by atoms with Gasteiger partial charge in [-0.3, -0.25) is 43.7 Å². The molecule has 6 amide bonds. The standard InChI is InChI=1S/C43H46F4N10O7/c1-64-34-22-30-25(19-31(34)51-38(60)29-3-2-4-35(50-29)43(45,46)47)24-56(53-30)18-13-48-11-12-49-23-37(59)55-16-9-42(10-17-55)7-14-54(15-8-42)33-21-27-26(20-28(33)44)40(62)57(41(27)63)32-5-6-36(58)52-39(32)61/h2-4,19-22,24,32,48-49H,5-18,23H2,1H3,(H,51,60)(H,52,58,61). The van der Waals surface area contributed by atoms with Crippen LogP contribution in [-0.2, 0) is 27.1 Å². The number of anilines is 2. The third-order valence-corrected chi connectivity index (χ3v) is 12.5. The molecule has 2 aromatic carbocycles. The van der Waals surface area contributed by atoms with Gasteiger partial charge < -0.3 is 30.5 Å². The Labute approximate surface area is 363 Å². The highest BCUT2D eigenvalue weighted by Gasteiger charge is 2.46. The van der Waals surface area contributed by atoms with E-state index in [0.29, 0.717) is 63.3 Å². The third kappa shape index (κ3) is 9.12. The molecule has 17 nitrogen and oxygen atoms in total. The molecule has 4 aliphatic rings. The number of likely N-dealkylation sites (tertiary alicyclic amines) is 1. The Morgan fingerprint density at radius 3 is 2.33 bits per heavy atom. The summed E-state index contributed by atoms with van der Waals surface area (Å²) in [5, 5.41) is 16.5. The van der Waals surface area contributed by atoms with Crippen LogP contribution in [0.3, 0.4) is 0 Å². The number of fused-ring (bicyclic) bond motifs is 2. The number of benzene rings is 2. The zero-order valence-corrected chi connectivity index (χ0v) is 34.9. The van der Waals surface area contributed by atoms with Crippen LogP contribution in [0, 0.1) is 11.2 Å². The van der Waals surface area contributed by atoms with Crippen molar-refractivity contribution in [3.8, 4) is 5.75 Å². The van der Waals surface area contributed by atoms with E-state index in [1.165, 1.54) is 19.2 Å². The highest BCUT2D eigenvalue weighted by molar-refractivity contribution is 6.23. The Balaban J connectivity index is 0.743. The minimum Gasteiger partial charge on any atom is -0.494 e.